The molecule has 2 heteroatoms. The van der Waals surface area contributed by atoms with E-state index in [1.54, 1.807) is 0 Å². The maximum absolute atomic E-state index is 10.3. The largest absolute Gasteiger partial charge is 0.389 e. The number of benzene rings is 1. The number of aryl methyl sites for hydroxylation is 1. The lowest BCUT2D eigenvalue weighted by molar-refractivity contribution is 0.0405. The zero-order chi connectivity index (χ0) is 13.3. The molecule has 0 radical (unpaired) electrons. The van der Waals surface area contributed by atoms with E-state index >= 15 is 0 Å². The van der Waals surface area contributed by atoms with Crippen molar-refractivity contribution in [2.24, 2.45) is 0 Å². The van der Waals surface area contributed by atoms with Gasteiger partial charge in [0.1, 0.15) is 0 Å². The summed E-state index contributed by atoms with van der Waals surface area (Å²) in [6.07, 6.45) is 6.78. The van der Waals surface area contributed by atoms with Crippen LogP contribution in [0.4, 0.5) is 0 Å². The van der Waals surface area contributed by atoms with Crippen LogP contribution in [0.3, 0.4) is 0 Å². The first-order chi connectivity index (χ1) is 9.16. The molecule has 19 heavy (non-hydrogen) atoms. The van der Waals surface area contributed by atoms with Gasteiger partial charge in [0.05, 0.1) is 5.60 Å². The van der Waals surface area contributed by atoms with Gasteiger partial charge in [-0.15, -0.1) is 0 Å². The Balaban J connectivity index is 1.47. The van der Waals surface area contributed by atoms with Crippen molar-refractivity contribution in [2.45, 2.75) is 63.0 Å². The van der Waals surface area contributed by atoms with Crippen LogP contribution >= 0.6 is 0 Å². The first-order valence-corrected chi connectivity index (χ1v) is 7.68. The molecule has 2 N–H and O–H groups in total. The fraction of sp³-hybridized carbons (Fsp3) is 0.647. The summed E-state index contributed by atoms with van der Waals surface area (Å²) < 4.78 is 0. The molecule has 0 unspecified atom stereocenters. The second kappa shape index (κ2) is 5.26. The van der Waals surface area contributed by atoms with Gasteiger partial charge in [-0.3, -0.25) is 0 Å². The van der Waals surface area contributed by atoms with E-state index in [-0.39, 0.29) is 0 Å². The monoisotopic (exact) mass is 259 g/mol. The molecule has 1 aromatic carbocycles. The molecule has 2 nitrogen and oxygen atoms in total. The van der Waals surface area contributed by atoms with Gasteiger partial charge in [-0.1, -0.05) is 37.1 Å². The average molecular weight is 259 g/mol. The van der Waals surface area contributed by atoms with E-state index in [0.29, 0.717) is 6.04 Å². The quantitative estimate of drug-likeness (QED) is 0.870. The normalized spacial score (nSPS) is 29.2. The highest BCUT2D eigenvalue weighted by molar-refractivity contribution is 5.31. The van der Waals surface area contributed by atoms with Gasteiger partial charge in [0.25, 0.3) is 0 Å². The van der Waals surface area contributed by atoms with E-state index < -0.39 is 5.60 Å². The molecule has 0 aromatic heterocycles. The Bertz CT molecular complexity index is 431. The maximum atomic E-state index is 10.3. The van der Waals surface area contributed by atoms with Crippen LogP contribution in [0.1, 0.15) is 55.6 Å². The summed E-state index contributed by atoms with van der Waals surface area (Å²) in [5.74, 6) is 0.719. The van der Waals surface area contributed by atoms with Gasteiger partial charge in [0.2, 0.25) is 0 Å². The van der Waals surface area contributed by atoms with Gasteiger partial charge in [-0.25, -0.2) is 0 Å². The van der Waals surface area contributed by atoms with Crippen LogP contribution in [-0.2, 0) is 0 Å². The zero-order valence-corrected chi connectivity index (χ0v) is 11.9. The van der Waals surface area contributed by atoms with Crippen LogP contribution in [0.15, 0.2) is 24.3 Å². The van der Waals surface area contributed by atoms with Crippen molar-refractivity contribution in [3.63, 3.8) is 0 Å². The highest BCUT2D eigenvalue weighted by Crippen LogP contribution is 2.38. The molecule has 2 aliphatic rings. The smallest absolute Gasteiger partial charge is 0.0771 e. The highest BCUT2D eigenvalue weighted by atomic mass is 16.3. The molecule has 0 amide bonds. The minimum absolute atomic E-state index is 0.409. The van der Waals surface area contributed by atoms with E-state index in [1.807, 2.05) is 0 Å². The summed E-state index contributed by atoms with van der Waals surface area (Å²) in [7, 11) is 0. The van der Waals surface area contributed by atoms with Crippen molar-refractivity contribution < 1.29 is 5.11 Å². The van der Waals surface area contributed by atoms with Crippen LogP contribution in [0.25, 0.3) is 0 Å². The van der Waals surface area contributed by atoms with E-state index in [2.05, 4.69) is 36.5 Å². The Labute approximate surface area is 116 Å². The molecule has 0 spiro atoms. The summed E-state index contributed by atoms with van der Waals surface area (Å²) in [6, 6.07) is 9.33. The van der Waals surface area contributed by atoms with Gasteiger partial charge >= 0.3 is 0 Å². The second-order valence-electron chi connectivity index (χ2n) is 6.53. The molecule has 0 atom stereocenters. The summed E-state index contributed by atoms with van der Waals surface area (Å²) in [4.78, 5) is 0. The minimum Gasteiger partial charge on any atom is -0.389 e. The molecule has 0 bridgehead atoms. The van der Waals surface area contributed by atoms with Gasteiger partial charge in [0, 0.05) is 12.6 Å². The molecule has 0 saturated heterocycles. The van der Waals surface area contributed by atoms with Crippen molar-refractivity contribution in [3.8, 4) is 0 Å². The molecule has 2 fully saturated rings. The fourth-order valence-electron chi connectivity index (χ4n) is 3.63. The van der Waals surface area contributed by atoms with Crippen molar-refractivity contribution in [3.05, 3.63) is 35.4 Å². The van der Waals surface area contributed by atoms with Crippen molar-refractivity contribution in [2.75, 3.05) is 6.54 Å². The third-order valence-electron chi connectivity index (χ3n) is 5.02. The molecule has 2 saturated carbocycles. The van der Waals surface area contributed by atoms with Crippen LogP contribution < -0.4 is 5.32 Å². The third kappa shape index (κ3) is 2.85. The Hall–Kier alpha value is -0.860. The fourth-order valence-corrected chi connectivity index (χ4v) is 3.63. The molecule has 3 rings (SSSR count). The molecule has 1 aromatic rings. The Morgan fingerprint density at radius 1 is 1.21 bits per heavy atom. The predicted octanol–water partition coefficient (Wildman–Crippen LogP) is 3.14. The average Bonchev–Trinajstić information content (AvgIpc) is 2.77. The van der Waals surface area contributed by atoms with E-state index in [9.17, 15) is 5.11 Å². The molecule has 0 aliphatic heterocycles. The van der Waals surface area contributed by atoms with E-state index in [4.69, 9.17) is 0 Å². The number of aliphatic hydroxyl groups is 1. The molecular formula is C17H25NO. The van der Waals surface area contributed by atoms with Gasteiger partial charge < -0.3 is 10.4 Å². The van der Waals surface area contributed by atoms with Crippen LogP contribution in [0, 0.1) is 6.92 Å². The Morgan fingerprint density at radius 3 is 2.58 bits per heavy atom. The first kappa shape index (κ1) is 13.1. The Morgan fingerprint density at radius 2 is 1.89 bits per heavy atom. The Kier molecular flexibility index (Phi) is 3.64. The number of rotatable bonds is 4. The van der Waals surface area contributed by atoms with E-state index in [1.165, 1.54) is 36.8 Å². The second-order valence-corrected chi connectivity index (χ2v) is 6.53. The van der Waals surface area contributed by atoms with Crippen LogP contribution in [-0.4, -0.2) is 23.3 Å². The number of nitrogens with one attached hydrogen (secondary N) is 1. The summed E-state index contributed by atoms with van der Waals surface area (Å²) in [5.41, 5.74) is 2.52. The molecule has 2 aliphatic carbocycles. The SMILES string of the molecule is Cc1ccccc1C1CC(NCC2(O)CCCC2)C1. The third-order valence-corrected chi connectivity index (χ3v) is 5.02. The van der Waals surface area contributed by atoms with Crippen molar-refractivity contribution in [1.29, 1.82) is 0 Å². The van der Waals surface area contributed by atoms with Gasteiger partial charge in [-0.2, -0.15) is 0 Å². The molecule has 104 valence electrons. The van der Waals surface area contributed by atoms with Crippen molar-refractivity contribution >= 4 is 0 Å². The predicted molar refractivity (Wildman–Crippen MR) is 78.4 cm³/mol. The number of hydrogen-bond acceptors (Lipinski definition) is 2. The standard InChI is InChI=1S/C17H25NO/c1-13-6-2-3-7-16(13)14-10-15(11-14)18-12-17(19)8-4-5-9-17/h2-3,6-7,14-15,18-19H,4-5,8-12H2,1H3. The summed E-state index contributed by atoms with van der Waals surface area (Å²) in [6.45, 7) is 3.00. The van der Waals surface area contributed by atoms with E-state index in [0.717, 1.165) is 25.3 Å². The van der Waals surface area contributed by atoms with Crippen molar-refractivity contribution in [1.82, 2.24) is 5.32 Å². The summed E-state index contributed by atoms with van der Waals surface area (Å²) >= 11 is 0. The lowest BCUT2D eigenvalue weighted by Gasteiger charge is -2.39. The summed E-state index contributed by atoms with van der Waals surface area (Å²) in [5, 5.41) is 13.9. The topological polar surface area (TPSA) is 32.3 Å². The zero-order valence-electron chi connectivity index (χ0n) is 11.9. The molecular weight excluding hydrogens is 234 g/mol. The highest BCUT2D eigenvalue weighted by Gasteiger charge is 2.35. The molecule has 0 heterocycles. The first-order valence-electron chi connectivity index (χ1n) is 7.68. The van der Waals surface area contributed by atoms with Gasteiger partial charge in [-0.05, 0) is 49.7 Å². The lowest BCUT2D eigenvalue weighted by Crippen LogP contribution is -2.47. The lowest BCUT2D eigenvalue weighted by atomic mass is 9.74. The van der Waals surface area contributed by atoms with Crippen LogP contribution in [0.5, 0.6) is 0 Å². The maximum Gasteiger partial charge on any atom is 0.0771 e. The number of hydrogen-bond donors (Lipinski definition) is 2. The van der Waals surface area contributed by atoms with Crippen LogP contribution in [0.2, 0.25) is 0 Å². The van der Waals surface area contributed by atoms with Gasteiger partial charge in [0.15, 0.2) is 0 Å². The minimum atomic E-state index is -0.409.